The van der Waals surface area contributed by atoms with Crippen LogP contribution in [0, 0.1) is 0 Å². The van der Waals surface area contributed by atoms with Gasteiger partial charge in [0.05, 0.1) is 12.1 Å². The molecule has 1 aliphatic heterocycles. The third-order valence-electron chi connectivity index (χ3n) is 1.71. The second-order valence-electron chi connectivity index (χ2n) is 2.89. The third kappa shape index (κ3) is 2.48. The van der Waals surface area contributed by atoms with Crippen molar-refractivity contribution < 1.29 is 9.90 Å². The Kier molecular flexibility index (Phi) is 2.84. The number of carbonyl (C=O) groups excluding carboxylic acids is 1. The van der Waals surface area contributed by atoms with Crippen LogP contribution in [-0.4, -0.2) is 36.2 Å². The number of hydrogen-bond donors (Lipinski definition) is 3. The maximum atomic E-state index is 11.0. The first-order valence-electron chi connectivity index (χ1n) is 3.89. The lowest BCUT2D eigenvalue weighted by Crippen LogP contribution is -2.53. The van der Waals surface area contributed by atoms with Crippen LogP contribution in [0.4, 0.5) is 0 Å². The van der Waals surface area contributed by atoms with Crippen LogP contribution in [0.2, 0.25) is 0 Å². The van der Waals surface area contributed by atoms with Gasteiger partial charge in [0.15, 0.2) is 0 Å². The highest BCUT2D eigenvalue weighted by Crippen LogP contribution is 2.00. The lowest BCUT2D eigenvalue weighted by Gasteiger charge is -2.26. The number of aliphatic hydroxyl groups excluding tert-OH is 1. The molecule has 0 radical (unpaired) electrons. The maximum Gasteiger partial charge on any atom is 0.237 e. The van der Waals surface area contributed by atoms with Crippen LogP contribution >= 0.6 is 0 Å². The lowest BCUT2D eigenvalue weighted by molar-refractivity contribution is -0.125. The van der Waals surface area contributed by atoms with E-state index in [-0.39, 0.29) is 11.9 Å². The summed E-state index contributed by atoms with van der Waals surface area (Å²) in [4.78, 5) is 11.0. The van der Waals surface area contributed by atoms with Gasteiger partial charge in [0.25, 0.3) is 0 Å². The molecule has 0 aliphatic carbocycles. The SMILES string of the molecule is C[C@@H](O)CNC(=O)C1CCN1. The van der Waals surface area contributed by atoms with Crippen molar-refractivity contribution in [1.29, 1.82) is 0 Å². The molecule has 1 saturated heterocycles. The predicted molar refractivity (Wildman–Crippen MR) is 41.1 cm³/mol. The number of nitrogens with one attached hydrogen (secondary N) is 2. The minimum absolute atomic E-state index is 0.00264. The minimum Gasteiger partial charge on any atom is -0.392 e. The van der Waals surface area contributed by atoms with Gasteiger partial charge in [-0.1, -0.05) is 0 Å². The van der Waals surface area contributed by atoms with Gasteiger partial charge in [-0.3, -0.25) is 4.79 Å². The fraction of sp³-hybridized carbons (Fsp3) is 0.857. The van der Waals surface area contributed by atoms with E-state index in [2.05, 4.69) is 10.6 Å². The first kappa shape index (κ1) is 8.49. The summed E-state index contributed by atoms with van der Waals surface area (Å²) in [5.74, 6) is -0.00264. The molecule has 0 aromatic heterocycles. The number of amides is 1. The summed E-state index contributed by atoms with van der Waals surface area (Å²) in [5, 5.41) is 14.4. The fourth-order valence-corrected chi connectivity index (χ4v) is 0.884. The number of carbonyl (C=O) groups is 1. The summed E-state index contributed by atoms with van der Waals surface area (Å²) >= 11 is 0. The van der Waals surface area contributed by atoms with Gasteiger partial charge in [-0.25, -0.2) is 0 Å². The van der Waals surface area contributed by atoms with Crippen molar-refractivity contribution in [1.82, 2.24) is 10.6 Å². The molecule has 11 heavy (non-hydrogen) atoms. The van der Waals surface area contributed by atoms with Crippen molar-refractivity contribution in [3.05, 3.63) is 0 Å². The van der Waals surface area contributed by atoms with Gasteiger partial charge in [-0.05, 0) is 19.9 Å². The largest absolute Gasteiger partial charge is 0.392 e. The lowest BCUT2D eigenvalue weighted by atomic mass is 10.1. The average Bonchev–Trinajstić information content (AvgIpc) is 1.79. The summed E-state index contributed by atoms with van der Waals surface area (Å²) in [6, 6.07) is -0.0197. The van der Waals surface area contributed by atoms with Crippen molar-refractivity contribution >= 4 is 5.91 Å². The smallest absolute Gasteiger partial charge is 0.237 e. The van der Waals surface area contributed by atoms with Gasteiger partial charge in [0.2, 0.25) is 5.91 Å². The molecule has 1 amide bonds. The van der Waals surface area contributed by atoms with Crippen LogP contribution < -0.4 is 10.6 Å². The van der Waals surface area contributed by atoms with Crippen molar-refractivity contribution in [3.8, 4) is 0 Å². The van der Waals surface area contributed by atoms with Gasteiger partial charge < -0.3 is 15.7 Å². The molecule has 3 N–H and O–H groups in total. The monoisotopic (exact) mass is 158 g/mol. The zero-order valence-electron chi connectivity index (χ0n) is 6.63. The Hall–Kier alpha value is -0.610. The van der Waals surface area contributed by atoms with Crippen LogP contribution in [0.5, 0.6) is 0 Å². The molecule has 1 rings (SSSR count). The molecule has 2 atom stereocenters. The second kappa shape index (κ2) is 3.69. The molecule has 1 fully saturated rings. The molecule has 0 aromatic rings. The second-order valence-corrected chi connectivity index (χ2v) is 2.89. The van der Waals surface area contributed by atoms with E-state index >= 15 is 0 Å². The zero-order chi connectivity index (χ0) is 8.27. The summed E-state index contributed by atoms with van der Waals surface area (Å²) in [6.45, 7) is 2.91. The first-order valence-corrected chi connectivity index (χ1v) is 3.89. The van der Waals surface area contributed by atoms with E-state index in [1.54, 1.807) is 6.92 Å². The highest BCUT2D eigenvalue weighted by Gasteiger charge is 2.23. The van der Waals surface area contributed by atoms with Crippen LogP contribution in [0.25, 0.3) is 0 Å². The molecular formula is C7H14N2O2. The van der Waals surface area contributed by atoms with Crippen molar-refractivity contribution in [3.63, 3.8) is 0 Å². The highest BCUT2D eigenvalue weighted by molar-refractivity contribution is 5.82. The number of hydrogen-bond acceptors (Lipinski definition) is 3. The molecule has 4 nitrogen and oxygen atoms in total. The Balaban J connectivity index is 2.10. The quantitative estimate of drug-likeness (QED) is 0.486. The van der Waals surface area contributed by atoms with Gasteiger partial charge in [-0.15, -0.1) is 0 Å². The van der Waals surface area contributed by atoms with Gasteiger partial charge >= 0.3 is 0 Å². The van der Waals surface area contributed by atoms with Gasteiger partial charge in [-0.2, -0.15) is 0 Å². The number of aliphatic hydroxyl groups is 1. The van der Waals surface area contributed by atoms with Crippen LogP contribution in [0.15, 0.2) is 0 Å². The predicted octanol–water partition coefficient (Wildman–Crippen LogP) is -1.15. The Morgan fingerprint density at radius 1 is 1.91 bits per heavy atom. The van der Waals surface area contributed by atoms with Crippen molar-refractivity contribution in [2.24, 2.45) is 0 Å². The minimum atomic E-state index is -0.459. The Labute approximate surface area is 66.0 Å². The maximum absolute atomic E-state index is 11.0. The van der Waals surface area contributed by atoms with Crippen molar-refractivity contribution in [2.75, 3.05) is 13.1 Å². The molecular weight excluding hydrogens is 144 g/mol. The summed E-state index contributed by atoms with van der Waals surface area (Å²) in [7, 11) is 0. The average molecular weight is 158 g/mol. The molecule has 1 heterocycles. The normalized spacial score (nSPS) is 25.5. The molecule has 4 heteroatoms. The topological polar surface area (TPSA) is 61.4 Å². The summed E-state index contributed by atoms with van der Waals surface area (Å²) < 4.78 is 0. The molecule has 0 aromatic carbocycles. The third-order valence-corrected chi connectivity index (χ3v) is 1.71. The van der Waals surface area contributed by atoms with Crippen LogP contribution in [0.3, 0.4) is 0 Å². The van der Waals surface area contributed by atoms with E-state index in [9.17, 15) is 4.79 Å². The Morgan fingerprint density at radius 2 is 2.55 bits per heavy atom. The Morgan fingerprint density at radius 3 is 2.91 bits per heavy atom. The van der Waals surface area contributed by atoms with E-state index in [1.807, 2.05) is 0 Å². The van der Waals surface area contributed by atoms with E-state index in [0.29, 0.717) is 6.54 Å². The molecule has 1 unspecified atom stereocenters. The number of rotatable bonds is 3. The molecule has 0 saturated carbocycles. The Bertz CT molecular complexity index is 143. The van der Waals surface area contributed by atoms with Gasteiger partial charge in [0.1, 0.15) is 0 Å². The molecule has 0 bridgehead atoms. The first-order chi connectivity index (χ1) is 5.20. The van der Waals surface area contributed by atoms with E-state index < -0.39 is 6.10 Å². The summed E-state index contributed by atoms with van der Waals surface area (Å²) in [5.41, 5.74) is 0. The van der Waals surface area contributed by atoms with Gasteiger partial charge in [0, 0.05) is 6.54 Å². The molecule has 0 spiro atoms. The summed E-state index contributed by atoms with van der Waals surface area (Å²) in [6.07, 6.45) is 0.449. The van der Waals surface area contributed by atoms with Crippen molar-refractivity contribution in [2.45, 2.75) is 25.5 Å². The van der Waals surface area contributed by atoms with E-state index in [1.165, 1.54) is 0 Å². The molecule has 1 aliphatic rings. The molecule has 64 valence electrons. The fourth-order valence-electron chi connectivity index (χ4n) is 0.884. The van der Waals surface area contributed by atoms with E-state index in [4.69, 9.17) is 5.11 Å². The standard InChI is InChI=1S/C7H14N2O2/c1-5(10)4-9-7(11)6-2-3-8-6/h5-6,8,10H,2-4H2,1H3,(H,9,11)/t5-,6?/m1/s1. The van der Waals surface area contributed by atoms with Crippen LogP contribution in [0.1, 0.15) is 13.3 Å². The van der Waals surface area contributed by atoms with E-state index in [0.717, 1.165) is 13.0 Å². The zero-order valence-corrected chi connectivity index (χ0v) is 6.63. The highest BCUT2D eigenvalue weighted by atomic mass is 16.3. The van der Waals surface area contributed by atoms with Crippen LogP contribution in [-0.2, 0) is 4.79 Å².